The standard InChI is InChI=1S/C18H21BrN2O5S/c1-12-15(16(22)20-11-13-4-3-5-14(19)10-13)18(26-17(12)23)6-8-21(9-7-18)27(2,24)25/h3-5,10H,6-9,11H2,1-2H3,(H,20,22). The van der Waals surface area contributed by atoms with Crippen LogP contribution in [-0.4, -0.2) is 49.5 Å². The Bertz CT molecular complexity index is 917. The van der Waals surface area contributed by atoms with Gasteiger partial charge in [-0.1, -0.05) is 28.1 Å². The molecule has 1 aromatic rings. The van der Waals surface area contributed by atoms with Gasteiger partial charge in [0, 0.05) is 42.5 Å². The zero-order valence-electron chi connectivity index (χ0n) is 15.1. The monoisotopic (exact) mass is 456 g/mol. The summed E-state index contributed by atoms with van der Waals surface area (Å²) < 4.78 is 31.3. The van der Waals surface area contributed by atoms with Crippen molar-refractivity contribution in [2.45, 2.75) is 31.9 Å². The number of hydrogen-bond donors (Lipinski definition) is 1. The highest BCUT2D eigenvalue weighted by atomic mass is 79.9. The van der Waals surface area contributed by atoms with E-state index in [9.17, 15) is 18.0 Å². The van der Waals surface area contributed by atoms with E-state index in [-0.39, 0.29) is 37.4 Å². The van der Waals surface area contributed by atoms with Crippen molar-refractivity contribution in [1.29, 1.82) is 0 Å². The number of rotatable bonds is 4. The topological polar surface area (TPSA) is 92.8 Å². The first kappa shape index (κ1) is 20.0. The SMILES string of the molecule is CC1=C(C(=O)NCc2cccc(Br)c2)C2(CCN(S(C)(=O)=O)CC2)OC1=O. The van der Waals surface area contributed by atoms with Crippen molar-refractivity contribution in [2.75, 3.05) is 19.3 Å². The van der Waals surface area contributed by atoms with Gasteiger partial charge >= 0.3 is 5.97 Å². The van der Waals surface area contributed by atoms with Crippen LogP contribution in [0, 0.1) is 0 Å². The number of halogens is 1. The molecule has 1 saturated heterocycles. The Morgan fingerprint density at radius 2 is 2.00 bits per heavy atom. The molecule has 3 rings (SSSR count). The molecule has 0 aliphatic carbocycles. The van der Waals surface area contributed by atoms with Crippen LogP contribution in [0.5, 0.6) is 0 Å². The van der Waals surface area contributed by atoms with Gasteiger partial charge in [0.15, 0.2) is 0 Å². The third-order valence-electron chi connectivity index (χ3n) is 4.99. The average molecular weight is 457 g/mol. The molecule has 1 fully saturated rings. The second-order valence-electron chi connectivity index (χ2n) is 6.86. The Morgan fingerprint density at radius 3 is 2.59 bits per heavy atom. The first-order valence-corrected chi connectivity index (χ1v) is 11.2. The first-order valence-electron chi connectivity index (χ1n) is 8.55. The molecule has 0 saturated carbocycles. The number of nitrogens with zero attached hydrogens (tertiary/aromatic N) is 1. The number of ether oxygens (including phenoxy) is 1. The minimum absolute atomic E-state index is 0.210. The third kappa shape index (κ3) is 4.09. The van der Waals surface area contributed by atoms with Gasteiger partial charge in [-0.05, 0) is 24.6 Å². The second kappa shape index (κ2) is 7.37. The van der Waals surface area contributed by atoms with Gasteiger partial charge in [-0.25, -0.2) is 17.5 Å². The lowest BCUT2D eigenvalue weighted by Crippen LogP contribution is -2.50. The zero-order chi connectivity index (χ0) is 19.8. The fraction of sp³-hybridized carbons (Fsp3) is 0.444. The molecule has 1 spiro atoms. The number of hydrogen-bond acceptors (Lipinski definition) is 5. The minimum Gasteiger partial charge on any atom is -0.450 e. The number of amides is 1. The average Bonchev–Trinajstić information content (AvgIpc) is 2.82. The van der Waals surface area contributed by atoms with E-state index in [0.29, 0.717) is 12.1 Å². The van der Waals surface area contributed by atoms with Gasteiger partial charge in [0.2, 0.25) is 10.0 Å². The Labute approximate surface area is 166 Å². The smallest absolute Gasteiger partial charge is 0.335 e. The van der Waals surface area contributed by atoms with Crippen LogP contribution in [-0.2, 0) is 30.9 Å². The van der Waals surface area contributed by atoms with Crippen LogP contribution in [0.1, 0.15) is 25.3 Å². The fourth-order valence-electron chi connectivity index (χ4n) is 3.57. The maximum atomic E-state index is 12.9. The summed E-state index contributed by atoms with van der Waals surface area (Å²) in [4.78, 5) is 25.0. The summed E-state index contributed by atoms with van der Waals surface area (Å²) in [5.74, 6) is -0.874. The molecule has 146 valence electrons. The van der Waals surface area contributed by atoms with Gasteiger partial charge in [0.05, 0.1) is 11.8 Å². The van der Waals surface area contributed by atoms with Crippen molar-refractivity contribution in [1.82, 2.24) is 9.62 Å². The Kier molecular flexibility index (Phi) is 5.47. The van der Waals surface area contributed by atoms with E-state index < -0.39 is 21.6 Å². The number of sulfonamides is 1. The molecular formula is C18H21BrN2O5S. The minimum atomic E-state index is -3.32. The highest BCUT2D eigenvalue weighted by molar-refractivity contribution is 9.10. The van der Waals surface area contributed by atoms with Crippen molar-refractivity contribution < 1.29 is 22.7 Å². The molecule has 2 aliphatic heterocycles. The van der Waals surface area contributed by atoms with Crippen molar-refractivity contribution in [3.63, 3.8) is 0 Å². The van der Waals surface area contributed by atoms with Crippen molar-refractivity contribution in [3.05, 3.63) is 45.4 Å². The van der Waals surface area contributed by atoms with Crippen molar-refractivity contribution >= 4 is 37.8 Å². The maximum Gasteiger partial charge on any atom is 0.335 e. The lowest BCUT2D eigenvalue weighted by atomic mass is 9.83. The molecule has 9 heteroatoms. The molecule has 1 aromatic carbocycles. The highest BCUT2D eigenvalue weighted by Crippen LogP contribution is 2.41. The molecule has 0 bridgehead atoms. The first-order chi connectivity index (χ1) is 12.6. The number of nitrogens with one attached hydrogen (secondary N) is 1. The van der Waals surface area contributed by atoms with E-state index in [1.807, 2.05) is 24.3 Å². The lowest BCUT2D eigenvalue weighted by Gasteiger charge is -2.38. The van der Waals surface area contributed by atoms with E-state index >= 15 is 0 Å². The molecule has 2 aliphatic rings. The molecule has 0 atom stereocenters. The third-order valence-corrected chi connectivity index (χ3v) is 6.79. The van der Waals surface area contributed by atoms with Crippen LogP contribution in [0.25, 0.3) is 0 Å². The Hall–Kier alpha value is -1.71. The van der Waals surface area contributed by atoms with Crippen LogP contribution in [0.15, 0.2) is 39.9 Å². The molecule has 1 N–H and O–H groups in total. The number of carbonyl (C=O) groups is 2. The summed E-state index contributed by atoms with van der Waals surface area (Å²) in [7, 11) is -3.32. The Balaban J connectivity index is 1.77. The zero-order valence-corrected chi connectivity index (χ0v) is 17.5. The summed E-state index contributed by atoms with van der Waals surface area (Å²) in [6, 6.07) is 7.56. The number of piperidine rings is 1. The molecule has 0 unspecified atom stereocenters. The van der Waals surface area contributed by atoms with E-state index in [1.165, 1.54) is 4.31 Å². The van der Waals surface area contributed by atoms with Gasteiger partial charge in [0.25, 0.3) is 5.91 Å². The molecule has 0 aromatic heterocycles. The van der Waals surface area contributed by atoms with Crippen LogP contribution in [0.4, 0.5) is 0 Å². The predicted molar refractivity (Wildman–Crippen MR) is 103 cm³/mol. The lowest BCUT2D eigenvalue weighted by molar-refractivity contribution is -0.150. The second-order valence-corrected chi connectivity index (χ2v) is 9.76. The maximum absolute atomic E-state index is 12.9. The summed E-state index contributed by atoms with van der Waals surface area (Å²) in [6.07, 6.45) is 1.68. The highest BCUT2D eigenvalue weighted by Gasteiger charge is 2.51. The molecular weight excluding hydrogens is 436 g/mol. The van der Waals surface area contributed by atoms with Gasteiger partial charge in [-0.3, -0.25) is 4.79 Å². The van der Waals surface area contributed by atoms with Crippen LogP contribution in [0.2, 0.25) is 0 Å². The summed E-state index contributed by atoms with van der Waals surface area (Å²) >= 11 is 3.39. The quantitative estimate of drug-likeness (QED) is 0.696. The normalized spacial score (nSPS) is 20.0. The van der Waals surface area contributed by atoms with Crippen LogP contribution < -0.4 is 5.32 Å². The van der Waals surface area contributed by atoms with Gasteiger partial charge in [-0.2, -0.15) is 0 Å². The number of esters is 1. The number of benzene rings is 1. The summed E-state index contributed by atoms with van der Waals surface area (Å²) in [5.41, 5.74) is 0.469. The molecule has 1 amide bonds. The predicted octanol–water partition coefficient (Wildman–Crippen LogP) is 1.73. The van der Waals surface area contributed by atoms with E-state index in [0.717, 1.165) is 16.3 Å². The summed E-state index contributed by atoms with van der Waals surface area (Å²) in [5, 5.41) is 2.85. The van der Waals surface area contributed by atoms with Crippen LogP contribution in [0.3, 0.4) is 0 Å². The summed E-state index contributed by atoms with van der Waals surface area (Å²) in [6.45, 7) is 2.31. The van der Waals surface area contributed by atoms with Crippen LogP contribution >= 0.6 is 15.9 Å². The van der Waals surface area contributed by atoms with Gasteiger partial charge < -0.3 is 10.1 Å². The van der Waals surface area contributed by atoms with Gasteiger partial charge in [0.1, 0.15) is 5.60 Å². The van der Waals surface area contributed by atoms with E-state index in [2.05, 4.69) is 21.2 Å². The Morgan fingerprint density at radius 1 is 1.33 bits per heavy atom. The van der Waals surface area contributed by atoms with E-state index in [1.54, 1.807) is 6.92 Å². The largest absolute Gasteiger partial charge is 0.450 e. The fourth-order valence-corrected chi connectivity index (χ4v) is 4.87. The van der Waals surface area contributed by atoms with Crippen molar-refractivity contribution in [2.24, 2.45) is 0 Å². The van der Waals surface area contributed by atoms with Crippen molar-refractivity contribution in [3.8, 4) is 0 Å². The molecule has 2 heterocycles. The molecule has 7 nitrogen and oxygen atoms in total. The molecule has 27 heavy (non-hydrogen) atoms. The number of carbonyl (C=O) groups excluding carboxylic acids is 2. The van der Waals surface area contributed by atoms with E-state index in [4.69, 9.17) is 4.74 Å². The molecule has 0 radical (unpaired) electrons. The van der Waals surface area contributed by atoms with Gasteiger partial charge in [-0.15, -0.1) is 0 Å².